The number of hydrogen-bond donors (Lipinski definition) is 2. The van der Waals surface area contributed by atoms with Crippen molar-refractivity contribution in [1.82, 2.24) is 15.3 Å². The molecule has 126 valence electrons. The van der Waals surface area contributed by atoms with Gasteiger partial charge in [-0.2, -0.15) is 0 Å². The molecule has 0 fully saturated rings. The van der Waals surface area contributed by atoms with E-state index in [0.717, 1.165) is 0 Å². The number of ether oxygens (including phenoxy) is 1. The number of hydrogen-bond acceptors (Lipinski definition) is 6. The Hall–Kier alpha value is -2.50. The molecule has 2 N–H and O–H groups in total. The zero-order valence-electron chi connectivity index (χ0n) is 13.0. The third-order valence-corrected chi connectivity index (χ3v) is 3.84. The van der Waals surface area contributed by atoms with Gasteiger partial charge >= 0.3 is 5.97 Å². The monoisotopic (exact) mass is 349 g/mol. The first-order chi connectivity index (χ1) is 11.6. The number of aromatic carboxylic acids is 1. The number of rotatable bonds is 7. The second kappa shape index (κ2) is 8.96. The Morgan fingerprint density at radius 3 is 3.04 bits per heavy atom. The highest BCUT2D eigenvalue weighted by atomic mass is 32.1. The molecule has 0 radical (unpaired) electrons. The summed E-state index contributed by atoms with van der Waals surface area (Å²) in [5.74, 6) is 4.02. The molecule has 2 rings (SSSR count). The number of carboxylic acid groups (broad SMARTS) is 1. The van der Waals surface area contributed by atoms with Crippen LogP contribution in [0.5, 0.6) is 5.75 Å². The lowest BCUT2D eigenvalue weighted by Crippen LogP contribution is -2.05. The summed E-state index contributed by atoms with van der Waals surface area (Å²) >= 11 is 1.28. The van der Waals surface area contributed by atoms with Crippen molar-refractivity contribution in [2.45, 2.75) is 12.8 Å². The fourth-order valence-electron chi connectivity index (χ4n) is 1.85. The molecule has 8 heteroatoms. The molecule has 0 saturated heterocycles. The second-order valence-corrected chi connectivity index (χ2v) is 5.65. The van der Waals surface area contributed by atoms with Crippen LogP contribution in [-0.2, 0) is 6.42 Å². The molecule has 0 spiro atoms. The Morgan fingerprint density at radius 1 is 1.50 bits per heavy atom. The van der Waals surface area contributed by atoms with E-state index in [1.165, 1.54) is 29.1 Å². The molecule has 0 aliphatic heterocycles. The van der Waals surface area contributed by atoms with Gasteiger partial charge in [0.05, 0.1) is 24.9 Å². The van der Waals surface area contributed by atoms with Crippen molar-refractivity contribution in [2.75, 3.05) is 20.2 Å². The number of carbonyl (C=O) groups is 1. The number of thiazole rings is 1. The van der Waals surface area contributed by atoms with Gasteiger partial charge in [0.1, 0.15) is 5.69 Å². The van der Waals surface area contributed by atoms with Gasteiger partial charge in [0.2, 0.25) is 0 Å². The van der Waals surface area contributed by atoms with E-state index in [9.17, 15) is 9.18 Å². The molecule has 6 nitrogen and oxygen atoms in total. The average Bonchev–Trinajstić information content (AvgIpc) is 3.02. The van der Waals surface area contributed by atoms with Crippen molar-refractivity contribution >= 4 is 17.3 Å². The summed E-state index contributed by atoms with van der Waals surface area (Å²) in [6, 6.07) is 1.23. The molecular formula is C16H16FN3O3S. The van der Waals surface area contributed by atoms with Crippen molar-refractivity contribution in [3.05, 3.63) is 39.9 Å². The van der Waals surface area contributed by atoms with E-state index < -0.39 is 11.8 Å². The third-order valence-electron chi connectivity index (χ3n) is 2.95. The van der Waals surface area contributed by atoms with Crippen LogP contribution >= 0.6 is 11.3 Å². The summed E-state index contributed by atoms with van der Waals surface area (Å²) in [6.45, 7) is 0.748. The van der Waals surface area contributed by atoms with E-state index in [1.54, 1.807) is 7.05 Å². The second-order valence-electron chi connectivity index (χ2n) is 4.71. The third kappa shape index (κ3) is 5.01. The fourth-order valence-corrected chi connectivity index (χ4v) is 2.65. The minimum atomic E-state index is -1.04. The highest BCUT2D eigenvalue weighted by Crippen LogP contribution is 2.18. The van der Waals surface area contributed by atoms with Gasteiger partial charge < -0.3 is 15.2 Å². The van der Waals surface area contributed by atoms with Crippen molar-refractivity contribution < 1.29 is 19.0 Å². The lowest BCUT2D eigenvalue weighted by molar-refractivity contribution is 0.0690. The van der Waals surface area contributed by atoms with Crippen LogP contribution in [0.3, 0.4) is 0 Å². The van der Waals surface area contributed by atoms with Crippen LogP contribution in [-0.4, -0.2) is 41.2 Å². The highest BCUT2D eigenvalue weighted by Gasteiger charge is 2.13. The van der Waals surface area contributed by atoms with Crippen molar-refractivity contribution in [2.24, 2.45) is 0 Å². The first-order valence-electron chi connectivity index (χ1n) is 7.19. The minimum absolute atomic E-state index is 0.0527. The molecular weight excluding hydrogens is 333 g/mol. The summed E-state index contributed by atoms with van der Waals surface area (Å²) in [6.07, 6.45) is 2.36. The Kier molecular flexibility index (Phi) is 6.66. The van der Waals surface area contributed by atoms with Gasteiger partial charge in [0.25, 0.3) is 0 Å². The van der Waals surface area contributed by atoms with Crippen LogP contribution in [0.2, 0.25) is 0 Å². The molecule has 0 amide bonds. The Labute approximate surface area is 142 Å². The van der Waals surface area contributed by atoms with Crippen LogP contribution < -0.4 is 10.1 Å². The number of halogens is 1. The molecule has 0 aliphatic rings. The van der Waals surface area contributed by atoms with Gasteiger partial charge in [0, 0.05) is 10.9 Å². The summed E-state index contributed by atoms with van der Waals surface area (Å²) < 4.78 is 19.3. The minimum Gasteiger partial charge on any atom is -0.489 e. The fraction of sp³-hybridized carbons (Fsp3) is 0.312. The molecule has 0 bridgehead atoms. The maximum absolute atomic E-state index is 13.9. The number of pyridine rings is 1. The first-order valence-corrected chi connectivity index (χ1v) is 8.07. The quantitative estimate of drug-likeness (QED) is 0.587. The van der Waals surface area contributed by atoms with E-state index in [2.05, 4.69) is 27.1 Å². The molecule has 0 aromatic carbocycles. The summed E-state index contributed by atoms with van der Waals surface area (Å²) in [4.78, 5) is 19.5. The van der Waals surface area contributed by atoms with E-state index in [1.807, 2.05) is 0 Å². The molecule has 2 aromatic rings. The molecule has 0 atom stereocenters. The van der Waals surface area contributed by atoms with E-state index in [-0.39, 0.29) is 18.1 Å². The predicted octanol–water partition coefficient (Wildman–Crippen LogP) is 1.96. The average molecular weight is 349 g/mol. The van der Waals surface area contributed by atoms with E-state index in [4.69, 9.17) is 9.84 Å². The topological polar surface area (TPSA) is 84.3 Å². The number of aromatic nitrogens is 2. The van der Waals surface area contributed by atoms with Gasteiger partial charge in [-0.1, -0.05) is 5.92 Å². The molecule has 0 saturated carbocycles. The van der Waals surface area contributed by atoms with Crippen molar-refractivity contribution in [3.63, 3.8) is 0 Å². The molecule has 0 aliphatic carbocycles. The van der Waals surface area contributed by atoms with Crippen LogP contribution in [0.4, 0.5) is 4.39 Å². The van der Waals surface area contributed by atoms with Gasteiger partial charge in [-0.3, -0.25) is 0 Å². The number of aryl methyl sites for hydroxylation is 1. The highest BCUT2D eigenvalue weighted by molar-refractivity contribution is 7.09. The SMILES string of the molecule is CNCC#Cc1cc(F)c(OCCCc2scnc2C(=O)O)cn1. The Bertz CT molecular complexity index is 767. The van der Waals surface area contributed by atoms with Gasteiger partial charge in [-0.15, -0.1) is 11.3 Å². The van der Waals surface area contributed by atoms with Crippen LogP contribution in [0.25, 0.3) is 0 Å². The van der Waals surface area contributed by atoms with Gasteiger partial charge in [-0.25, -0.2) is 19.2 Å². The van der Waals surface area contributed by atoms with Gasteiger partial charge in [0.15, 0.2) is 17.3 Å². The molecule has 2 aromatic heterocycles. The maximum Gasteiger partial charge on any atom is 0.355 e. The predicted molar refractivity (Wildman–Crippen MR) is 87.9 cm³/mol. The lowest BCUT2D eigenvalue weighted by atomic mass is 10.2. The Balaban J connectivity index is 1.85. The van der Waals surface area contributed by atoms with Crippen molar-refractivity contribution in [1.29, 1.82) is 0 Å². The summed E-state index contributed by atoms with van der Waals surface area (Å²) in [7, 11) is 1.77. The summed E-state index contributed by atoms with van der Waals surface area (Å²) in [5, 5.41) is 11.8. The normalized spacial score (nSPS) is 10.1. The van der Waals surface area contributed by atoms with Crippen LogP contribution in [0.15, 0.2) is 17.8 Å². The standard InChI is InChI=1S/C16H16FN3O3S/c1-18-6-2-4-11-8-12(17)13(9-19-11)23-7-3-5-14-15(16(21)22)20-10-24-14/h8-10,18H,3,5-7H2,1H3,(H,21,22). The van der Waals surface area contributed by atoms with Crippen LogP contribution in [0, 0.1) is 17.7 Å². The van der Waals surface area contributed by atoms with Gasteiger partial charge in [-0.05, 0) is 25.8 Å². The lowest BCUT2D eigenvalue weighted by Gasteiger charge is -2.06. The number of carboxylic acids is 1. The molecule has 0 unspecified atom stereocenters. The zero-order valence-corrected chi connectivity index (χ0v) is 13.8. The van der Waals surface area contributed by atoms with Crippen molar-refractivity contribution in [3.8, 4) is 17.6 Å². The van der Waals surface area contributed by atoms with E-state index in [0.29, 0.717) is 30.0 Å². The first kappa shape index (κ1) is 17.8. The number of nitrogens with zero attached hydrogens (tertiary/aromatic N) is 2. The zero-order chi connectivity index (χ0) is 17.4. The molecule has 24 heavy (non-hydrogen) atoms. The number of nitrogens with one attached hydrogen (secondary N) is 1. The van der Waals surface area contributed by atoms with Crippen LogP contribution in [0.1, 0.15) is 27.5 Å². The van der Waals surface area contributed by atoms with E-state index >= 15 is 0 Å². The summed E-state index contributed by atoms with van der Waals surface area (Å²) in [5.41, 5.74) is 1.90. The largest absolute Gasteiger partial charge is 0.489 e. The Morgan fingerprint density at radius 2 is 2.33 bits per heavy atom. The maximum atomic E-state index is 13.9. The smallest absolute Gasteiger partial charge is 0.355 e. The molecule has 2 heterocycles.